The lowest BCUT2D eigenvalue weighted by molar-refractivity contribution is -0.137. The monoisotopic (exact) mass is 447 g/mol. The van der Waals surface area contributed by atoms with Gasteiger partial charge in [0, 0.05) is 35.8 Å². The van der Waals surface area contributed by atoms with Crippen molar-refractivity contribution in [1.29, 1.82) is 0 Å². The van der Waals surface area contributed by atoms with Crippen LogP contribution in [0.15, 0.2) is 54.7 Å². The minimum Gasteiger partial charge on any atom is -0.359 e. The van der Waals surface area contributed by atoms with E-state index in [2.05, 4.69) is 20.5 Å². The summed E-state index contributed by atoms with van der Waals surface area (Å²) in [6, 6.07) is 11.5. The zero-order valence-corrected chi connectivity index (χ0v) is 16.8. The lowest BCUT2D eigenvalue weighted by Gasteiger charge is -2.13. The Morgan fingerprint density at radius 1 is 1.00 bits per heavy atom. The van der Waals surface area contributed by atoms with Crippen LogP contribution in [0, 0.1) is 5.95 Å². The van der Waals surface area contributed by atoms with Gasteiger partial charge in [-0.25, -0.2) is 4.98 Å². The van der Waals surface area contributed by atoms with Crippen LogP contribution in [0.25, 0.3) is 21.3 Å². The Morgan fingerprint density at radius 2 is 1.77 bits per heavy atom. The second-order valence-corrected chi connectivity index (χ2v) is 8.00. The highest BCUT2D eigenvalue weighted by molar-refractivity contribution is 7.18. The van der Waals surface area contributed by atoms with Gasteiger partial charge in [0.25, 0.3) is 0 Å². The maximum atomic E-state index is 13.4. The largest absolute Gasteiger partial charge is 0.416 e. The molecule has 0 amide bonds. The molecule has 0 aliphatic rings. The summed E-state index contributed by atoms with van der Waals surface area (Å²) < 4.78 is 51.3. The molecule has 31 heavy (non-hydrogen) atoms. The van der Waals surface area contributed by atoms with Crippen molar-refractivity contribution in [3.05, 3.63) is 71.8 Å². The number of nitrogens with one attached hydrogen (secondary N) is 1. The molecule has 0 bridgehead atoms. The predicted octanol–water partition coefficient (Wildman–Crippen LogP) is 4.89. The van der Waals surface area contributed by atoms with Gasteiger partial charge in [-0.15, -0.1) is 10.2 Å². The van der Waals surface area contributed by atoms with Gasteiger partial charge in [0.2, 0.25) is 11.1 Å². The lowest BCUT2D eigenvalue weighted by atomic mass is 10.0. The Hall–Kier alpha value is -3.11. The number of nitrogens with zero attached hydrogens (tertiary/aromatic N) is 3. The SMILES string of the molecule is NC(CNc1nnc(-c2ccc3cnc(F)cc3c2)s1)Cc1ccc(C(F)(F)F)cc1. The molecule has 10 heteroatoms. The minimum atomic E-state index is -4.35. The van der Waals surface area contributed by atoms with Gasteiger partial charge < -0.3 is 11.1 Å². The van der Waals surface area contributed by atoms with E-state index in [0.29, 0.717) is 28.5 Å². The van der Waals surface area contributed by atoms with Gasteiger partial charge in [0.1, 0.15) is 5.01 Å². The van der Waals surface area contributed by atoms with Gasteiger partial charge in [-0.1, -0.05) is 35.6 Å². The third-order valence-corrected chi connectivity index (χ3v) is 5.58. The van der Waals surface area contributed by atoms with E-state index in [1.54, 1.807) is 0 Å². The van der Waals surface area contributed by atoms with E-state index < -0.39 is 17.7 Å². The molecule has 160 valence electrons. The number of aromatic nitrogens is 3. The molecule has 5 nitrogen and oxygen atoms in total. The van der Waals surface area contributed by atoms with Gasteiger partial charge in [-0.05, 0) is 35.6 Å². The van der Waals surface area contributed by atoms with Gasteiger partial charge >= 0.3 is 6.18 Å². The normalized spacial score (nSPS) is 12.8. The fraction of sp³-hybridized carbons (Fsp3) is 0.190. The van der Waals surface area contributed by atoms with Crippen molar-refractivity contribution in [2.75, 3.05) is 11.9 Å². The van der Waals surface area contributed by atoms with Crippen LogP contribution in [-0.4, -0.2) is 27.8 Å². The number of nitrogens with two attached hydrogens (primary N) is 1. The first-order valence-electron chi connectivity index (χ1n) is 9.33. The molecule has 4 aromatic rings. The van der Waals surface area contributed by atoms with Gasteiger partial charge in [-0.3, -0.25) is 0 Å². The Labute approximate surface area is 179 Å². The van der Waals surface area contributed by atoms with Crippen LogP contribution in [0.2, 0.25) is 0 Å². The summed E-state index contributed by atoms with van der Waals surface area (Å²) in [5.74, 6) is -0.550. The Kier molecular flexibility index (Phi) is 5.84. The van der Waals surface area contributed by atoms with E-state index >= 15 is 0 Å². The first-order chi connectivity index (χ1) is 14.8. The summed E-state index contributed by atoms with van der Waals surface area (Å²) in [7, 11) is 0. The molecule has 0 fully saturated rings. The molecule has 3 N–H and O–H groups in total. The summed E-state index contributed by atoms with van der Waals surface area (Å²) in [5.41, 5.74) is 6.94. The molecule has 0 aliphatic carbocycles. The van der Waals surface area contributed by atoms with Crippen molar-refractivity contribution >= 4 is 27.2 Å². The quantitative estimate of drug-likeness (QED) is 0.325. The molecule has 2 aromatic heterocycles. The van der Waals surface area contributed by atoms with Crippen LogP contribution in [0.4, 0.5) is 22.7 Å². The van der Waals surface area contributed by atoms with Gasteiger partial charge in [0.15, 0.2) is 0 Å². The number of hydrogen-bond donors (Lipinski definition) is 2. The van der Waals surface area contributed by atoms with E-state index in [1.807, 2.05) is 18.2 Å². The topological polar surface area (TPSA) is 76.7 Å². The van der Waals surface area contributed by atoms with E-state index in [9.17, 15) is 17.6 Å². The minimum absolute atomic E-state index is 0.319. The summed E-state index contributed by atoms with van der Waals surface area (Å²) in [4.78, 5) is 3.64. The van der Waals surface area contributed by atoms with Crippen molar-refractivity contribution in [3.63, 3.8) is 0 Å². The second-order valence-electron chi connectivity index (χ2n) is 7.02. The molecule has 0 saturated carbocycles. The van der Waals surface area contributed by atoms with Gasteiger partial charge in [0.05, 0.1) is 5.56 Å². The predicted molar refractivity (Wildman–Crippen MR) is 112 cm³/mol. The zero-order valence-electron chi connectivity index (χ0n) is 16.0. The molecular weight excluding hydrogens is 430 g/mol. The fourth-order valence-electron chi connectivity index (χ4n) is 3.08. The third-order valence-electron chi connectivity index (χ3n) is 4.65. The summed E-state index contributed by atoms with van der Waals surface area (Å²) in [5, 5.41) is 14.1. The van der Waals surface area contributed by atoms with Crippen LogP contribution >= 0.6 is 11.3 Å². The molecule has 0 saturated heterocycles. The van der Waals surface area contributed by atoms with Crippen molar-refractivity contribution in [2.45, 2.75) is 18.6 Å². The molecule has 0 radical (unpaired) electrons. The zero-order chi connectivity index (χ0) is 22.0. The standard InChI is InChI=1S/C21H17F4N5S/c22-18-9-15-8-13(3-4-14(15)10-27-18)19-29-30-20(31-19)28-11-17(26)7-12-1-5-16(6-2-12)21(23,24)25/h1-6,8-10,17H,7,11,26H2,(H,28,30). The number of pyridine rings is 1. The maximum Gasteiger partial charge on any atom is 0.416 e. The number of anilines is 1. The molecule has 0 aliphatic heterocycles. The summed E-state index contributed by atoms with van der Waals surface area (Å²) in [6.45, 7) is 0.379. The average molecular weight is 447 g/mol. The van der Waals surface area contributed by atoms with Crippen LogP contribution in [0.3, 0.4) is 0 Å². The maximum absolute atomic E-state index is 13.4. The van der Waals surface area contributed by atoms with E-state index in [4.69, 9.17) is 5.73 Å². The van der Waals surface area contributed by atoms with Crippen LogP contribution in [0.1, 0.15) is 11.1 Å². The Bertz CT molecular complexity index is 1190. The molecule has 1 atom stereocenters. The Balaban J connectivity index is 1.37. The highest BCUT2D eigenvalue weighted by Crippen LogP contribution is 2.30. The fourth-order valence-corrected chi connectivity index (χ4v) is 3.83. The number of benzene rings is 2. The number of rotatable bonds is 6. The average Bonchev–Trinajstić information content (AvgIpc) is 3.20. The van der Waals surface area contributed by atoms with E-state index in [-0.39, 0.29) is 6.04 Å². The molecule has 1 unspecified atom stereocenters. The third kappa shape index (κ3) is 5.15. The van der Waals surface area contributed by atoms with Crippen molar-refractivity contribution in [3.8, 4) is 10.6 Å². The van der Waals surface area contributed by atoms with Crippen LogP contribution in [-0.2, 0) is 12.6 Å². The lowest BCUT2D eigenvalue weighted by Crippen LogP contribution is -2.31. The number of fused-ring (bicyclic) bond motifs is 1. The molecule has 2 aromatic carbocycles. The smallest absolute Gasteiger partial charge is 0.359 e. The van der Waals surface area contributed by atoms with Crippen LogP contribution in [0.5, 0.6) is 0 Å². The Morgan fingerprint density at radius 3 is 2.52 bits per heavy atom. The number of alkyl halides is 3. The van der Waals surface area contributed by atoms with Gasteiger partial charge in [-0.2, -0.15) is 17.6 Å². The van der Waals surface area contributed by atoms with Crippen molar-refractivity contribution in [1.82, 2.24) is 15.2 Å². The highest BCUT2D eigenvalue weighted by Gasteiger charge is 2.29. The number of halogens is 4. The van der Waals surface area contributed by atoms with E-state index in [1.165, 1.54) is 35.7 Å². The second kappa shape index (κ2) is 8.56. The summed E-state index contributed by atoms with van der Waals surface area (Å²) in [6.07, 6.45) is -2.46. The van der Waals surface area contributed by atoms with Crippen molar-refractivity contribution < 1.29 is 17.6 Å². The molecule has 2 heterocycles. The number of hydrogen-bond acceptors (Lipinski definition) is 6. The first-order valence-corrected chi connectivity index (χ1v) is 10.1. The molecule has 4 rings (SSSR count). The summed E-state index contributed by atoms with van der Waals surface area (Å²) >= 11 is 1.33. The van der Waals surface area contributed by atoms with Crippen molar-refractivity contribution in [2.24, 2.45) is 5.73 Å². The highest BCUT2D eigenvalue weighted by atomic mass is 32.1. The molecule has 0 spiro atoms. The van der Waals surface area contributed by atoms with Crippen LogP contribution < -0.4 is 11.1 Å². The first kappa shape index (κ1) is 21.1. The molecular formula is C21H17F4N5S. The van der Waals surface area contributed by atoms with E-state index in [0.717, 1.165) is 28.6 Å².